The zero-order valence-electron chi connectivity index (χ0n) is 19.3. The van der Waals surface area contributed by atoms with E-state index in [1.807, 2.05) is 56.3 Å². The standard InChI is InChI=1S/C26H30O6/c1-6-14-29-24(27)31-22-18-10-8-9-11-19(18)23(32-25(28)30-15-7-2)21-16-17(26(3,4)5)12-13-20(21)22/h8-13,16H,6-7,14-15H2,1-5H3. The van der Waals surface area contributed by atoms with Gasteiger partial charge in [0.05, 0.1) is 13.2 Å². The van der Waals surface area contributed by atoms with E-state index < -0.39 is 12.3 Å². The molecule has 32 heavy (non-hydrogen) atoms. The maximum absolute atomic E-state index is 12.4. The minimum absolute atomic E-state index is 0.138. The first-order chi connectivity index (χ1) is 15.3. The summed E-state index contributed by atoms with van der Waals surface area (Å²) in [5.74, 6) is 0.739. The topological polar surface area (TPSA) is 71.1 Å². The van der Waals surface area contributed by atoms with Gasteiger partial charge < -0.3 is 18.9 Å². The Morgan fingerprint density at radius 1 is 0.719 bits per heavy atom. The van der Waals surface area contributed by atoms with Gasteiger partial charge in [-0.25, -0.2) is 9.59 Å². The molecular formula is C26H30O6. The van der Waals surface area contributed by atoms with E-state index >= 15 is 0 Å². The highest BCUT2D eigenvalue weighted by atomic mass is 16.7. The molecule has 0 N–H and O–H groups in total. The van der Waals surface area contributed by atoms with E-state index in [2.05, 4.69) is 20.8 Å². The molecule has 170 valence electrons. The summed E-state index contributed by atoms with van der Waals surface area (Å²) in [6, 6.07) is 13.2. The average molecular weight is 439 g/mol. The van der Waals surface area contributed by atoms with Crippen molar-refractivity contribution in [1.82, 2.24) is 0 Å². The lowest BCUT2D eigenvalue weighted by Gasteiger charge is -2.22. The Bertz CT molecular complexity index is 1130. The summed E-state index contributed by atoms with van der Waals surface area (Å²) in [4.78, 5) is 24.7. The van der Waals surface area contributed by atoms with Crippen molar-refractivity contribution < 1.29 is 28.5 Å². The number of rotatable bonds is 6. The third-order valence-electron chi connectivity index (χ3n) is 5.01. The zero-order valence-corrected chi connectivity index (χ0v) is 19.3. The molecule has 0 atom stereocenters. The Balaban J connectivity index is 2.25. The van der Waals surface area contributed by atoms with Crippen LogP contribution in [-0.4, -0.2) is 25.5 Å². The molecule has 0 aromatic heterocycles. The fraction of sp³-hybridized carbons (Fsp3) is 0.385. The molecule has 0 amide bonds. The zero-order chi connectivity index (χ0) is 23.3. The van der Waals surface area contributed by atoms with Crippen molar-refractivity contribution in [3.63, 3.8) is 0 Å². The molecule has 0 saturated heterocycles. The Labute approximate surface area is 188 Å². The SMILES string of the molecule is CCCOC(=O)Oc1c2ccccc2c(OC(=O)OCCC)c2cc(C(C)(C)C)ccc12. The maximum Gasteiger partial charge on any atom is 0.513 e. The molecular weight excluding hydrogens is 408 g/mol. The average Bonchev–Trinajstić information content (AvgIpc) is 2.77. The molecule has 0 saturated carbocycles. The van der Waals surface area contributed by atoms with E-state index in [1.165, 1.54) is 0 Å². The van der Waals surface area contributed by atoms with Gasteiger partial charge >= 0.3 is 12.3 Å². The molecule has 0 heterocycles. The Morgan fingerprint density at radius 2 is 1.19 bits per heavy atom. The first-order valence-corrected chi connectivity index (χ1v) is 10.9. The van der Waals surface area contributed by atoms with Crippen LogP contribution in [0, 0.1) is 0 Å². The van der Waals surface area contributed by atoms with E-state index in [9.17, 15) is 9.59 Å². The van der Waals surface area contributed by atoms with Crippen LogP contribution in [-0.2, 0) is 14.9 Å². The van der Waals surface area contributed by atoms with Crippen LogP contribution in [0.4, 0.5) is 9.59 Å². The molecule has 0 bridgehead atoms. The van der Waals surface area contributed by atoms with Crippen molar-refractivity contribution in [2.24, 2.45) is 0 Å². The van der Waals surface area contributed by atoms with Gasteiger partial charge in [-0.05, 0) is 29.9 Å². The van der Waals surface area contributed by atoms with E-state index in [4.69, 9.17) is 18.9 Å². The highest BCUT2D eigenvalue weighted by Gasteiger charge is 2.23. The maximum atomic E-state index is 12.4. The van der Waals surface area contributed by atoms with Crippen molar-refractivity contribution >= 4 is 33.9 Å². The molecule has 0 fully saturated rings. The molecule has 0 unspecified atom stereocenters. The van der Waals surface area contributed by atoms with Crippen molar-refractivity contribution in [3.8, 4) is 11.5 Å². The molecule has 0 aliphatic carbocycles. The van der Waals surface area contributed by atoms with Gasteiger partial charge in [0.15, 0.2) is 0 Å². The summed E-state index contributed by atoms with van der Waals surface area (Å²) < 4.78 is 21.7. The van der Waals surface area contributed by atoms with E-state index in [1.54, 1.807) is 0 Å². The molecule has 0 aliphatic rings. The van der Waals surface area contributed by atoms with Gasteiger partial charge in [-0.3, -0.25) is 0 Å². The highest BCUT2D eigenvalue weighted by molar-refractivity contribution is 6.12. The number of carbonyl (C=O) groups is 2. The summed E-state index contributed by atoms with van der Waals surface area (Å²) in [5.41, 5.74) is 0.910. The van der Waals surface area contributed by atoms with Crippen LogP contribution in [0.1, 0.15) is 53.0 Å². The highest BCUT2D eigenvalue weighted by Crippen LogP contribution is 2.44. The lowest BCUT2D eigenvalue weighted by molar-refractivity contribution is 0.0984. The number of ether oxygens (including phenoxy) is 4. The van der Waals surface area contributed by atoms with Crippen molar-refractivity contribution in [1.29, 1.82) is 0 Å². The van der Waals surface area contributed by atoms with Gasteiger partial charge in [-0.2, -0.15) is 0 Å². The van der Waals surface area contributed by atoms with Gasteiger partial charge in [-0.15, -0.1) is 0 Å². The predicted molar refractivity (Wildman–Crippen MR) is 125 cm³/mol. The summed E-state index contributed by atoms with van der Waals surface area (Å²) >= 11 is 0. The van der Waals surface area contributed by atoms with E-state index in [-0.39, 0.29) is 18.6 Å². The fourth-order valence-electron chi connectivity index (χ4n) is 3.38. The normalized spacial score (nSPS) is 11.4. The van der Waals surface area contributed by atoms with Gasteiger partial charge in [0.1, 0.15) is 11.5 Å². The Hall–Kier alpha value is -3.28. The molecule has 0 aliphatic heterocycles. The number of benzene rings is 3. The molecule has 0 spiro atoms. The number of hydrogen-bond acceptors (Lipinski definition) is 6. The fourth-order valence-corrected chi connectivity index (χ4v) is 3.38. The lowest BCUT2D eigenvalue weighted by Crippen LogP contribution is -2.14. The monoisotopic (exact) mass is 438 g/mol. The summed E-state index contributed by atoms with van der Waals surface area (Å²) in [5, 5.41) is 2.57. The first-order valence-electron chi connectivity index (χ1n) is 10.9. The van der Waals surface area contributed by atoms with Crippen LogP contribution in [0.15, 0.2) is 42.5 Å². The second kappa shape index (κ2) is 9.90. The van der Waals surface area contributed by atoms with Crippen LogP contribution in [0.2, 0.25) is 0 Å². The molecule has 0 radical (unpaired) electrons. The van der Waals surface area contributed by atoms with Crippen LogP contribution in [0.25, 0.3) is 21.5 Å². The lowest BCUT2D eigenvalue weighted by atomic mass is 9.85. The number of fused-ring (bicyclic) bond motifs is 2. The second-order valence-electron chi connectivity index (χ2n) is 8.62. The van der Waals surface area contributed by atoms with Crippen molar-refractivity contribution in [2.75, 3.05) is 13.2 Å². The molecule has 3 aromatic carbocycles. The van der Waals surface area contributed by atoms with Gasteiger partial charge in [0.2, 0.25) is 0 Å². The van der Waals surface area contributed by atoms with Gasteiger partial charge in [-0.1, -0.05) is 71.0 Å². The third-order valence-corrected chi connectivity index (χ3v) is 5.01. The van der Waals surface area contributed by atoms with E-state index in [0.717, 1.165) is 5.56 Å². The third kappa shape index (κ3) is 5.13. The minimum atomic E-state index is -0.769. The van der Waals surface area contributed by atoms with Crippen LogP contribution >= 0.6 is 0 Å². The van der Waals surface area contributed by atoms with Crippen LogP contribution in [0.5, 0.6) is 11.5 Å². The Morgan fingerprint density at radius 3 is 1.66 bits per heavy atom. The van der Waals surface area contributed by atoms with Crippen LogP contribution < -0.4 is 9.47 Å². The smallest absolute Gasteiger partial charge is 0.434 e. The molecule has 3 rings (SSSR count). The van der Waals surface area contributed by atoms with Crippen molar-refractivity contribution in [3.05, 3.63) is 48.0 Å². The Kier molecular flexibility index (Phi) is 7.23. The molecule has 6 nitrogen and oxygen atoms in total. The molecule has 3 aromatic rings. The second-order valence-corrected chi connectivity index (χ2v) is 8.62. The summed E-state index contributed by atoms with van der Waals surface area (Å²) in [6.07, 6.45) is -0.153. The van der Waals surface area contributed by atoms with Crippen LogP contribution in [0.3, 0.4) is 0 Å². The molecule has 6 heteroatoms. The summed E-state index contributed by atoms with van der Waals surface area (Å²) in [6.45, 7) is 10.7. The number of hydrogen-bond donors (Lipinski definition) is 0. The quantitative estimate of drug-likeness (QED) is 0.231. The van der Waals surface area contributed by atoms with E-state index in [0.29, 0.717) is 45.9 Å². The largest absolute Gasteiger partial charge is 0.513 e. The van der Waals surface area contributed by atoms with Gasteiger partial charge in [0.25, 0.3) is 0 Å². The summed E-state index contributed by atoms with van der Waals surface area (Å²) in [7, 11) is 0. The first kappa shape index (κ1) is 23.4. The minimum Gasteiger partial charge on any atom is -0.434 e. The van der Waals surface area contributed by atoms with Crippen molar-refractivity contribution in [2.45, 2.75) is 52.9 Å². The predicted octanol–water partition coefficient (Wildman–Crippen LogP) is 7.14. The number of carbonyl (C=O) groups excluding carboxylic acids is 2. The van der Waals surface area contributed by atoms with Gasteiger partial charge in [0, 0.05) is 21.5 Å².